The zero-order valence-electron chi connectivity index (χ0n) is 11.1. The molecule has 2 aromatic heterocycles. The van der Waals surface area contributed by atoms with E-state index in [9.17, 15) is 8.42 Å². The third kappa shape index (κ3) is 2.55. The van der Waals surface area contributed by atoms with Crippen molar-refractivity contribution in [1.29, 1.82) is 0 Å². The van der Waals surface area contributed by atoms with Gasteiger partial charge in [-0.05, 0) is 31.2 Å². The quantitative estimate of drug-likeness (QED) is 0.937. The lowest BCUT2D eigenvalue weighted by Gasteiger charge is -2.27. The summed E-state index contributed by atoms with van der Waals surface area (Å²) in [6.45, 7) is 1.94. The minimum Gasteiger partial charge on any atom is -0.245 e. The summed E-state index contributed by atoms with van der Waals surface area (Å²) in [7, 11) is -3.46. The molecule has 2 aromatic rings. The van der Waals surface area contributed by atoms with Crippen molar-refractivity contribution in [3.8, 4) is 0 Å². The van der Waals surface area contributed by atoms with E-state index in [1.165, 1.54) is 11.3 Å². The van der Waals surface area contributed by atoms with Gasteiger partial charge in [-0.1, -0.05) is 18.9 Å². The maximum atomic E-state index is 12.5. The van der Waals surface area contributed by atoms with Crippen LogP contribution < -0.4 is 4.72 Å². The summed E-state index contributed by atoms with van der Waals surface area (Å²) in [5, 5.41) is 4.66. The fraction of sp³-hybridized carbons (Fsp3) is 0.462. The van der Waals surface area contributed by atoms with E-state index in [-0.39, 0.29) is 0 Å². The van der Waals surface area contributed by atoms with Crippen LogP contribution in [-0.4, -0.2) is 13.4 Å². The van der Waals surface area contributed by atoms with Crippen LogP contribution in [0.2, 0.25) is 0 Å². The van der Waals surface area contributed by atoms with Crippen molar-refractivity contribution in [3.63, 3.8) is 0 Å². The van der Waals surface area contributed by atoms with E-state index >= 15 is 0 Å². The van der Waals surface area contributed by atoms with Gasteiger partial charge in [0, 0.05) is 11.1 Å². The van der Waals surface area contributed by atoms with Gasteiger partial charge in [0.25, 0.3) is 10.0 Å². The zero-order chi connectivity index (χ0) is 14.2. The van der Waals surface area contributed by atoms with Crippen LogP contribution in [0.4, 0.5) is 0 Å². The first-order chi connectivity index (χ1) is 9.52. The van der Waals surface area contributed by atoms with Crippen LogP contribution in [0, 0.1) is 6.92 Å². The number of nitrogens with zero attached hydrogens (tertiary/aromatic N) is 1. The Labute approximate surface area is 126 Å². The topological polar surface area (TPSA) is 59.1 Å². The van der Waals surface area contributed by atoms with E-state index in [2.05, 4.69) is 9.71 Å². The molecule has 1 aliphatic rings. The Morgan fingerprint density at radius 3 is 2.60 bits per heavy atom. The number of thiazole rings is 1. The Morgan fingerprint density at radius 1 is 1.30 bits per heavy atom. The van der Waals surface area contributed by atoms with Crippen LogP contribution in [0.3, 0.4) is 0 Å². The van der Waals surface area contributed by atoms with Gasteiger partial charge < -0.3 is 0 Å². The Balaban J connectivity index is 1.97. The van der Waals surface area contributed by atoms with Gasteiger partial charge in [0.05, 0.1) is 5.54 Å². The fourth-order valence-electron chi connectivity index (χ4n) is 2.64. The molecule has 1 saturated carbocycles. The van der Waals surface area contributed by atoms with Gasteiger partial charge in [-0.3, -0.25) is 0 Å². The lowest BCUT2D eigenvalue weighted by Crippen LogP contribution is -2.43. The molecule has 2 heterocycles. The van der Waals surface area contributed by atoms with E-state index in [4.69, 9.17) is 0 Å². The number of aryl methyl sites for hydroxylation is 1. The van der Waals surface area contributed by atoms with Crippen molar-refractivity contribution in [2.45, 2.75) is 42.4 Å². The van der Waals surface area contributed by atoms with Crippen molar-refractivity contribution >= 4 is 32.7 Å². The van der Waals surface area contributed by atoms with Crippen LogP contribution in [-0.2, 0) is 15.6 Å². The second-order valence-electron chi connectivity index (χ2n) is 5.12. The second-order valence-corrected chi connectivity index (χ2v) is 8.84. The van der Waals surface area contributed by atoms with E-state index in [1.807, 2.05) is 12.3 Å². The average Bonchev–Trinajstić information content (AvgIpc) is 3.07. The van der Waals surface area contributed by atoms with Gasteiger partial charge in [-0.25, -0.2) is 13.4 Å². The summed E-state index contributed by atoms with van der Waals surface area (Å²) >= 11 is 2.79. The number of sulfonamides is 1. The van der Waals surface area contributed by atoms with Crippen LogP contribution in [0.25, 0.3) is 0 Å². The molecule has 4 nitrogen and oxygen atoms in total. The lowest BCUT2D eigenvalue weighted by atomic mass is 10.0. The van der Waals surface area contributed by atoms with Gasteiger partial charge >= 0.3 is 0 Å². The minimum absolute atomic E-state index is 0.372. The molecule has 108 valence electrons. The van der Waals surface area contributed by atoms with Gasteiger partial charge in [0.1, 0.15) is 9.22 Å². The first-order valence-corrected chi connectivity index (χ1v) is 9.76. The average molecular weight is 328 g/mol. The maximum absolute atomic E-state index is 12.5. The third-order valence-corrected chi connectivity index (χ3v) is 7.67. The highest BCUT2D eigenvalue weighted by Crippen LogP contribution is 2.41. The number of thiophene rings is 1. The highest BCUT2D eigenvalue weighted by atomic mass is 32.2. The Bertz CT molecular complexity index is 683. The van der Waals surface area contributed by atoms with E-state index in [0.717, 1.165) is 36.4 Å². The van der Waals surface area contributed by atoms with Crippen LogP contribution in [0.1, 0.15) is 36.4 Å². The van der Waals surface area contributed by atoms with Crippen molar-refractivity contribution in [3.05, 3.63) is 33.6 Å². The first-order valence-electron chi connectivity index (χ1n) is 6.52. The van der Waals surface area contributed by atoms with Crippen LogP contribution in [0.15, 0.2) is 27.1 Å². The number of nitrogens with one attached hydrogen (secondary N) is 1. The molecule has 7 heteroatoms. The zero-order valence-corrected chi connectivity index (χ0v) is 13.6. The number of rotatable bonds is 4. The molecule has 1 N–H and O–H groups in total. The van der Waals surface area contributed by atoms with Gasteiger partial charge in [-0.2, -0.15) is 4.72 Å². The lowest BCUT2D eigenvalue weighted by molar-refractivity contribution is 0.402. The standard InChI is InChI=1S/C13H16N2O2S3/c1-10-9-19-12(14-10)13(6-2-3-7-13)15-20(16,17)11-5-4-8-18-11/h4-5,8-9,15H,2-3,6-7H2,1H3. The highest BCUT2D eigenvalue weighted by molar-refractivity contribution is 7.91. The van der Waals surface area contributed by atoms with Gasteiger partial charge in [-0.15, -0.1) is 22.7 Å². The monoisotopic (exact) mass is 328 g/mol. The van der Waals surface area contributed by atoms with E-state index in [0.29, 0.717) is 4.21 Å². The Kier molecular flexibility index (Phi) is 3.70. The summed E-state index contributed by atoms with van der Waals surface area (Å²) < 4.78 is 28.3. The number of hydrogen-bond acceptors (Lipinski definition) is 5. The van der Waals surface area contributed by atoms with E-state index < -0.39 is 15.6 Å². The molecule has 0 aromatic carbocycles. The smallest absolute Gasteiger partial charge is 0.245 e. The summed E-state index contributed by atoms with van der Waals surface area (Å²) in [5.74, 6) is 0. The summed E-state index contributed by atoms with van der Waals surface area (Å²) in [6.07, 6.45) is 3.71. The summed E-state index contributed by atoms with van der Waals surface area (Å²) in [4.78, 5) is 4.53. The largest absolute Gasteiger partial charge is 0.250 e. The van der Waals surface area contributed by atoms with Gasteiger partial charge in [0.2, 0.25) is 0 Å². The fourth-order valence-corrected chi connectivity index (χ4v) is 6.13. The van der Waals surface area contributed by atoms with Crippen LogP contribution in [0.5, 0.6) is 0 Å². The predicted molar refractivity (Wildman–Crippen MR) is 81.6 cm³/mol. The molecule has 0 amide bonds. The third-order valence-electron chi connectivity index (χ3n) is 3.58. The SMILES string of the molecule is Cc1csc(C2(NS(=O)(=O)c3cccs3)CCCC2)n1. The second kappa shape index (κ2) is 5.22. The summed E-state index contributed by atoms with van der Waals surface area (Å²) in [6, 6.07) is 3.40. The summed E-state index contributed by atoms with van der Waals surface area (Å²) in [5.41, 5.74) is 0.438. The van der Waals surface area contributed by atoms with Crippen molar-refractivity contribution < 1.29 is 8.42 Å². The van der Waals surface area contributed by atoms with Crippen molar-refractivity contribution in [2.75, 3.05) is 0 Å². The van der Waals surface area contributed by atoms with E-state index in [1.54, 1.807) is 28.8 Å². The molecule has 1 aliphatic carbocycles. The molecule has 1 fully saturated rings. The minimum atomic E-state index is -3.46. The Hall–Kier alpha value is -0.760. The molecule has 0 aliphatic heterocycles. The molecule has 0 bridgehead atoms. The molecule has 0 radical (unpaired) electrons. The predicted octanol–water partition coefficient (Wildman–Crippen LogP) is 3.26. The molecule has 0 atom stereocenters. The number of hydrogen-bond donors (Lipinski definition) is 1. The maximum Gasteiger partial charge on any atom is 0.250 e. The molecule has 20 heavy (non-hydrogen) atoms. The molecule has 0 spiro atoms. The Morgan fingerprint density at radius 2 is 2.05 bits per heavy atom. The molecular weight excluding hydrogens is 312 g/mol. The van der Waals surface area contributed by atoms with Gasteiger partial charge in [0.15, 0.2) is 0 Å². The molecule has 0 unspecified atom stereocenters. The molecule has 3 rings (SSSR count). The normalized spacial score (nSPS) is 18.4. The van der Waals surface area contributed by atoms with Crippen LogP contribution >= 0.6 is 22.7 Å². The molecule has 0 saturated heterocycles. The van der Waals surface area contributed by atoms with Crippen molar-refractivity contribution in [1.82, 2.24) is 9.71 Å². The number of aromatic nitrogens is 1. The first kappa shape index (κ1) is 14.2. The highest BCUT2D eigenvalue weighted by Gasteiger charge is 2.42. The molecular formula is C13H16N2O2S3. The van der Waals surface area contributed by atoms with Crippen molar-refractivity contribution in [2.24, 2.45) is 0 Å².